The van der Waals surface area contributed by atoms with Gasteiger partial charge in [0, 0.05) is 28.7 Å². The van der Waals surface area contributed by atoms with E-state index in [1.54, 1.807) is 16.8 Å². The van der Waals surface area contributed by atoms with Crippen molar-refractivity contribution in [3.05, 3.63) is 112 Å². The molecule has 0 aliphatic rings. The van der Waals surface area contributed by atoms with Gasteiger partial charge in [0.1, 0.15) is 17.2 Å². The topological polar surface area (TPSA) is 62.7 Å². The highest BCUT2D eigenvalue weighted by atomic mass is 19.1. The Morgan fingerprint density at radius 1 is 0.970 bits per heavy atom. The molecule has 0 bridgehead atoms. The molecular formula is C27H23FN4O. The number of fused-ring (bicyclic) bond motifs is 1. The van der Waals surface area contributed by atoms with E-state index in [0.717, 1.165) is 28.7 Å². The van der Waals surface area contributed by atoms with Crippen LogP contribution in [0.15, 0.2) is 89.7 Å². The lowest BCUT2D eigenvalue weighted by molar-refractivity contribution is 0.628. The highest BCUT2D eigenvalue weighted by molar-refractivity contribution is 5.92. The van der Waals surface area contributed by atoms with Crippen LogP contribution in [0.2, 0.25) is 0 Å². The van der Waals surface area contributed by atoms with Crippen LogP contribution in [0.5, 0.6) is 0 Å². The average molecular weight is 439 g/mol. The van der Waals surface area contributed by atoms with E-state index in [0.29, 0.717) is 23.4 Å². The number of hydrogen-bond donors (Lipinski definition) is 2. The molecule has 5 aromatic rings. The average Bonchev–Trinajstić information content (AvgIpc) is 3.22. The first-order chi connectivity index (χ1) is 16.1. The number of nitrogens with one attached hydrogen (secondary N) is 2. The summed E-state index contributed by atoms with van der Waals surface area (Å²) in [4.78, 5) is 16.0. The normalized spacial score (nSPS) is 11.1. The number of halogens is 1. The van der Waals surface area contributed by atoms with Gasteiger partial charge in [-0.25, -0.2) is 9.07 Å². The van der Waals surface area contributed by atoms with Gasteiger partial charge in [-0.15, -0.1) is 0 Å². The molecule has 33 heavy (non-hydrogen) atoms. The quantitative estimate of drug-likeness (QED) is 0.358. The second-order valence-electron chi connectivity index (χ2n) is 7.89. The molecule has 2 heterocycles. The zero-order chi connectivity index (χ0) is 22.8. The molecule has 0 radical (unpaired) electrons. The fraction of sp³-hybridized carbons (Fsp3) is 0.111. The van der Waals surface area contributed by atoms with Gasteiger partial charge in [0.15, 0.2) is 0 Å². The van der Waals surface area contributed by atoms with E-state index in [2.05, 4.69) is 29.4 Å². The minimum absolute atomic E-state index is 0.178. The molecular weight excluding hydrogens is 415 g/mol. The molecule has 0 fully saturated rings. The summed E-state index contributed by atoms with van der Waals surface area (Å²) in [6.45, 7) is 2.49. The first-order valence-electron chi connectivity index (χ1n) is 10.9. The number of aromatic amines is 1. The molecule has 3 aromatic carbocycles. The maximum atomic E-state index is 13.5. The molecule has 0 unspecified atom stereocenters. The Labute approximate surface area is 190 Å². The molecule has 0 saturated heterocycles. The van der Waals surface area contributed by atoms with Crippen molar-refractivity contribution >= 4 is 16.7 Å². The van der Waals surface area contributed by atoms with Gasteiger partial charge >= 0.3 is 0 Å². The van der Waals surface area contributed by atoms with Gasteiger partial charge in [-0.2, -0.15) is 5.10 Å². The standard InChI is InChI=1S/C27H23FN4O/c1-2-18-8-14-22(15-9-18)29-17-20-16-24-25(19-10-12-21(28)13-11-19)31-32(26(24)30-27(20)33)23-6-4-3-5-7-23/h3-16,29H,2,17H2,1H3,(H,30,33). The van der Waals surface area contributed by atoms with Crippen LogP contribution in [-0.2, 0) is 13.0 Å². The predicted octanol–water partition coefficient (Wildman–Crippen LogP) is 5.69. The van der Waals surface area contributed by atoms with E-state index in [-0.39, 0.29) is 11.4 Å². The van der Waals surface area contributed by atoms with Crippen LogP contribution in [0.25, 0.3) is 28.0 Å². The molecule has 0 atom stereocenters. The third-order valence-corrected chi connectivity index (χ3v) is 5.73. The molecule has 0 saturated carbocycles. The van der Waals surface area contributed by atoms with Crippen molar-refractivity contribution in [2.24, 2.45) is 0 Å². The molecule has 164 valence electrons. The smallest absolute Gasteiger partial charge is 0.254 e. The first kappa shape index (κ1) is 20.7. The number of benzene rings is 3. The van der Waals surface area contributed by atoms with Crippen LogP contribution in [0.3, 0.4) is 0 Å². The highest BCUT2D eigenvalue weighted by Crippen LogP contribution is 2.29. The number of rotatable bonds is 6. The van der Waals surface area contributed by atoms with Crippen molar-refractivity contribution in [1.82, 2.24) is 14.8 Å². The summed E-state index contributed by atoms with van der Waals surface area (Å²) in [5.74, 6) is -0.307. The van der Waals surface area contributed by atoms with E-state index in [1.165, 1.54) is 17.7 Å². The van der Waals surface area contributed by atoms with Crippen molar-refractivity contribution in [3.8, 4) is 16.9 Å². The summed E-state index contributed by atoms with van der Waals surface area (Å²) in [5.41, 5.74) is 5.51. The van der Waals surface area contributed by atoms with E-state index < -0.39 is 0 Å². The third kappa shape index (κ3) is 4.15. The zero-order valence-electron chi connectivity index (χ0n) is 18.2. The fourth-order valence-corrected chi connectivity index (χ4v) is 3.88. The van der Waals surface area contributed by atoms with Gasteiger partial charge in [0.2, 0.25) is 0 Å². The van der Waals surface area contributed by atoms with Crippen molar-refractivity contribution in [1.29, 1.82) is 0 Å². The van der Waals surface area contributed by atoms with Crippen LogP contribution in [0.4, 0.5) is 10.1 Å². The second kappa shape index (κ2) is 8.74. The van der Waals surface area contributed by atoms with Gasteiger partial charge < -0.3 is 10.3 Å². The van der Waals surface area contributed by atoms with Crippen molar-refractivity contribution < 1.29 is 4.39 Å². The third-order valence-electron chi connectivity index (χ3n) is 5.73. The monoisotopic (exact) mass is 438 g/mol. The molecule has 0 spiro atoms. The SMILES string of the molecule is CCc1ccc(NCc2cc3c(-c4ccc(F)cc4)nn(-c4ccccc4)c3[nH]c2=O)cc1. The minimum Gasteiger partial charge on any atom is -0.381 e. The molecule has 2 aromatic heterocycles. The summed E-state index contributed by atoms with van der Waals surface area (Å²) >= 11 is 0. The molecule has 0 aliphatic heterocycles. The number of hydrogen-bond acceptors (Lipinski definition) is 3. The van der Waals surface area contributed by atoms with Crippen molar-refractivity contribution in [2.45, 2.75) is 19.9 Å². The number of pyridine rings is 1. The summed E-state index contributed by atoms with van der Waals surface area (Å²) in [6.07, 6.45) is 0.980. The lowest BCUT2D eigenvalue weighted by Crippen LogP contribution is -2.16. The number of aromatic nitrogens is 3. The maximum absolute atomic E-state index is 13.5. The highest BCUT2D eigenvalue weighted by Gasteiger charge is 2.17. The van der Waals surface area contributed by atoms with Crippen LogP contribution in [0, 0.1) is 5.82 Å². The van der Waals surface area contributed by atoms with Crippen molar-refractivity contribution in [2.75, 3.05) is 5.32 Å². The number of para-hydroxylation sites is 1. The predicted molar refractivity (Wildman–Crippen MR) is 130 cm³/mol. The van der Waals surface area contributed by atoms with Crippen LogP contribution in [0.1, 0.15) is 18.1 Å². The number of anilines is 1. The molecule has 6 heteroatoms. The lowest BCUT2D eigenvalue weighted by atomic mass is 10.1. The summed E-state index contributed by atoms with van der Waals surface area (Å²) < 4.78 is 15.2. The Balaban J connectivity index is 1.59. The largest absolute Gasteiger partial charge is 0.381 e. The summed E-state index contributed by atoms with van der Waals surface area (Å²) in [7, 11) is 0. The van der Waals surface area contributed by atoms with E-state index in [1.807, 2.05) is 48.5 Å². The Kier molecular flexibility index (Phi) is 5.48. The number of aryl methyl sites for hydroxylation is 1. The zero-order valence-corrected chi connectivity index (χ0v) is 18.2. The summed E-state index contributed by atoms with van der Waals surface area (Å²) in [5, 5.41) is 8.90. The fourth-order valence-electron chi connectivity index (χ4n) is 3.88. The molecule has 5 nitrogen and oxygen atoms in total. The van der Waals surface area contributed by atoms with Gasteiger partial charge in [0.05, 0.1) is 5.69 Å². The Morgan fingerprint density at radius 3 is 2.39 bits per heavy atom. The second-order valence-corrected chi connectivity index (χ2v) is 7.89. The lowest BCUT2D eigenvalue weighted by Gasteiger charge is -2.08. The Bertz CT molecular complexity index is 1450. The number of nitrogens with zero attached hydrogens (tertiary/aromatic N) is 2. The van der Waals surface area contributed by atoms with E-state index in [9.17, 15) is 9.18 Å². The summed E-state index contributed by atoms with van der Waals surface area (Å²) in [6, 6.07) is 25.9. The van der Waals surface area contributed by atoms with Gasteiger partial charge in [0.25, 0.3) is 5.56 Å². The Morgan fingerprint density at radius 2 is 1.70 bits per heavy atom. The van der Waals surface area contributed by atoms with Crippen LogP contribution >= 0.6 is 0 Å². The Hall–Kier alpha value is -4.19. The van der Waals surface area contributed by atoms with Crippen molar-refractivity contribution in [3.63, 3.8) is 0 Å². The van der Waals surface area contributed by atoms with Gasteiger partial charge in [-0.3, -0.25) is 4.79 Å². The minimum atomic E-state index is -0.307. The van der Waals surface area contributed by atoms with E-state index >= 15 is 0 Å². The molecule has 2 N–H and O–H groups in total. The van der Waals surface area contributed by atoms with Crippen LogP contribution in [-0.4, -0.2) is 14.8 Å². The molecule has 5 rings (SSSR count). The van der Waals surface area contributed by atoms with Gasteiger partial charge in [-0.1, -0.05) is 37.3 Å². The molecule has 0 aliphatic carbocycles. The maximum Gasteiger partial charge on any atom is 0.254 e. The van der Waals surface area contributed by atoms with Crippen LogP contribution < -0.4 is 10.9 Å². The van der Waals surface area contributed by atoms with Gasteiger partial charge in [-0.05, 0) is 66.6 Å². The molecule has 0 amide bonds. The van der Waals surface area contributed by atoms with E-state index in [4.69, 9.17) is 5.10 Å². The number of H-pyrrole nitrogens is 1. The first-order valence-corrected chi connectivity index (χ1v) is 10.9.